The molecule has 0 radical (unpaired) electrons. The van der Waals surface area contributed by atoms with Crippen molar-refractivity contribution in [1.82, 2.24) is 14.7 Å². The van der Waals surface area contributed by atoms with E-state index in [4.69, 9.17) is 9.47 Å². The summed E-state index contributed by atoms with van der Waals surface area (Å²) < 4.78 is 11.1. The predicted octanol–water partition coefficient (Wildman–Crippen LogP) is 3.48. The van der Waals surface area contributed by atoms with E-state index in [1.807, 2.05) is 40.1 Å². The zero-order valence-electron chi connectivity index (χ0n) is 21.4. The van der Waals surface area contributed by atoms with Crippen LogP contribution < -0.4 is 9.47 Å². The van der Waals surface area contributed by atoms with E-state index in [0.29, 0.717) is 38.5 Å². The minimum absolute atomic E-state index is 0.0922. The van der Waals surface area contributed by atoms with Gasteiger partial charge < -0.3 is 19.3 Å². The SMILES string of the molecule is COc1cccc(OCCN2CCN(C(=O)CCC(=O)N3CCC(Cc4ccccc4)CC3)CC2)c1. The third-order valence-corrected chi connectivity index (χ3v) is 7.33. The summed E-state index contributed by atoms with van der Waals surface area (Å²) in [6, 6.07) is 18.2. The highest BCUT2D eigenvalue weighted by atomic mass is 16.5. The summed E-state index contributed by atoms with van der Waals surface area (Å²) in [7, 11) is 1.64. The molecule has 2 heterocycles. The maximum Gasteiger partial charge on any atom is 0.223 e. The lowest BCUT2D eigenvalue weighted by Gasteiger charge is -2.35. The van der Waals surface area contributed by atoms with E-state index in [0.717, 1.165) is 63.5 Å². The second kappa shape index (κ2) is 13.3. The van der Waals surface area contributed by atoms with E-state index in [1.54, 1.807) is 7.11 Å². The number of hydrogen-bond donors (Lipinski definition) is 0. The highest BCUT2D eigenvalue weighted by Gasteiger charge is 2.25. The molecule has 36 heavy (non-hydrogen) atoms. The van der Waals surface area contributed by atoms with Crippen molar-refractivity contribution in [1.29, 1.82) is 0 Å². The molecule has 0 atom stereocenters. The van der Waals surface area contributed by atoms with Crippen LogP contribution in [0.15, 0.2) is 54.6 Å². The van der Waals surface area contributed by atoms with Gasteiger partial charge in [0.15, 0.2) is 0 Å². The van der Waals surface area contributed by atoms with Crippen molar-refractivity contribution in [2.45, 2.75) is 32.1 Å². The minimum atomic E-state index is 0.0922. The van der Waals surface area contributed by atoms with E-state index in [2.05, 4.69) is 29.2 Å². The number of ether oxygens (including phenoxy) is 2. The molecule has 0 aliphatic carbocycles. The number of carbonyl (C=O) groups excluding carboxylic acids is 2. The number of piperazine rings is 1. The molecule has 0 unspecified atom stereocenters. The topological polar surface area (TPSA) is 62.3 Å². The van der Waals surface area contributed by atoms with Crippen molar-refractivity contribution in [3.63, 3.8) is 0 Å². The summed E-state index contributed by atoms with van der Waals surface area (Å²) in [5.41, 5.74) is 1.37. The lowest BCUT2D eigenvalue weighted by molar-refractivity contribution is -0.138. The summed E-state index contributed by atoms with van der Waals surface area (Å²) in [5.74, 6) is 2.43. The lowest BCUT2D eigenvalue weighted by atomic mass is 9.90. The van der Waals surface area contributed by atoms with Crippen LogP contribution in [0.2, 0.25) is 0 Å². The van der Waals surface area contributed by atoms with E-state index in [-0.39, 0.29) is 11.8 Å². The van der Waals surface area contributed by atoms with E-state index in [1.165, 1.54) is 5.56 Å². The molecule has 0 spiro atoms. The Morgan fingerprint density at radius 1 is 0.806 bits per heavy atom. The second-order valence-electron chi connectivity index (χ2n) is 9.76. The highest BCUT2D eigenvalue weighted by Crippen LogP contribution is 2.22. The van der Waals surface area contributed by atoms with Gasteiger partial charge in [-0.2, -0.15) is 0 Å². The Kier molecular flexibility index (Phi) is 9.61. The molecule has 194 valence electrons. The fraction of sp³-hybridized carbons (Fsp3) is 0.517. The van der Waals surface area contributed by atoms with Crippen molar-refractivity contribution in [2.24, 2.45) is 5.92 Å². The third-order valence-electron chi connectivity index (χ3n) is 7.33. The van der Waals surface area contributed by atoms with Gasteiger partial charge in [-0.05, 0) is 42.9 Å². The van der Waals surface area contributed by atoms with Crippen LogP contribution in [0, 0.1) is 5.92 Å². The summed E-state index contributed by atoms with van der Waals surface area (Å²) in [6.07, 6.45) is 3.79. The summed E-state index contributed by atoms with van der Waals surface area (Å²) in [5, 5.41) is 0. The minimum Gasteiger partial charge on any atom is -0.497 e. The van der Waals surface area contributed by atoms with Gasteiger partial charge in [0.2, 0.25) is 11.8 Å². The van der Waals surface area contributed by atoms with Gasteiger partial charge in [0.05, 0.1) is 7.11 Å². The van der Waals surface area contributed by atoms with Crippen LogP contribution in [-0.2, 0) is 16.0 Å². The van der Waals surface area contributed by atoms with Crippen molar-refractivity contribution in [3.8, 4) is 11.5 Å². The monoisotopic (exact) mass is 493 g/mol. The number of hydrogen-bond acceptors (Lipinski definition) is 5. The molecule has 2 amide bonds. The van der Waals surface area contributed by atoms with Crippen LogP contribution >= 0.6 is 0 Å². The van der Waals surface area contributed by atoms with Crippen LogP contribution in [0.3, 0.4) is 0 Å². The predicted molar refractivity (Wildman–Crippen MR) is 140 cm³/mol. The Morgan fingerprint density at radius 3 is 2.11 bits per heavy atom. The molecule has 0 saturated carbocycles. The number of methoxy groups -OCH3 is 1. The van der Waals surface area contributed by atoms with Crippen molar-refractivity contribution < 1.29 is 19.1 Å². The Hall–Kier alpha value is -3.06. The molecular weight excluding hydrogens is 454 g/mol. The van der Waals surface area contributed by atoms with Gasteiger partial charge >= 0.3 is 0 Å². The summed E-state index contributed by atoms with van der Waals surface area (Å²) >= 11 is 0. The number of piperidine rings is 1. The van der Waals surface area contributed by atoms with Crippen molar-refractivity contribution in [3.05, 3.63) is 60.2 Å². The first-order valence-electron chi connectivity index (χ1n) is 13.2. The number of likely N-dealkylation sites (tertiary alicyclic amines) is 1. The average Bonchev–Trinajstić information content (AvgIpc) is 2.93. The van der Waals surface area contributed by atoms with Crippen LogP contribution in [0.5, 0.6) is 11.5 Å². The van der Waals surface area contributed by atoms with Crippen molar-refractivity contribution >= 4 is 11.8 Å². The number of nitrogens with zero attached hydrogens (tertiary/aromatic N) is 3. The molecule has 2 aromatic rings. The first kappa shape index (κ1) is 26.0. The molecule has 2 aliphatic rings. The fourth-order valence-electron chi connectivity index (χ4n) is 5.07. The van der Waals surface area contributed by atoms with Gasteiger partial charge in [-0.3, -0.25) is 14.5 Å². The molecule has 0 aromatic heterocycles. The van der Waals surface area contributed by atoms with E-state index in [9.17, 15) is 9.59 Å². The Morgan fingerprint density at radius 2 is 1.44 bits per heavy atom. The maximum absolute atomic E-state index is 12.7. The van der Waals surface area contributed by atoms with Gasteiger partial charge in [0.1, 0.15) is 18.1 Å². The van der Waals surface area contributed by atoms with Crippen molar-refractivity contribution in [2.75, 3.05) is 59.5 Å². The van der Waals surface area contributed by atoms with Crippen LogP contribution in [0.4, 0.5) is 0 Å². The first-order chi connectivity index (χ1) is 17.6. The normalized spacial score (nSPS) is 17.1. The van der Waals surface area contributed by atoms with E-state index >= 15 is 0 Å². The maximum atomic E-state index is 12.7. The summed E-state index contributed by atoms with van der Waals surface area (Å²) in [4.78, 5) is 31.6. The van der Waals surface area contributed by atoms with Gasteiger partial charge in [0.25, 0.3) is 0 Å². The largest absolute Gasteiger partial charge is 0.497 e. The second-order valence-corrected chi connectivity index (χ2v) is 9.76. The molecule has 4 rings (SSSR count). The molecule has 2 aliphatic heterocycles. The fourth-order valence-corrected chi connectivity index (χ4v) is 5.07. The number of amides is 2. The molecule has 7 heteroatoms. The molecular formula is C29H39N3O4. The van der Waals surface area contributed by atoms with Crippen LogP contribution in [0.1, 0.15) is 31.2 Å². The van der Waals surface area contributed by atoms with Gasteiger partial charge in [-0.15, -0.1) is 0 Å². The number of benzene rings is 2. The zero-order valence-corrected chi connectivity index (χ0v) is 21.4. The first-order valence-corrected chi connectivity index (χ1v) is 13.2. The molecule has 2 saturated heterocycles. The van der Waals surface area contributed by atoms with E-state index < -0.39 is 0 Å². The molecule has 0 N–H and O–H groups in total. The molecule has 2 aromatic carbocycles. The molecule has 0 bridgehead atoms. The van der Waals surface area contributed by atoms with Gasteiger partial charge in [-0.25, -0.2) is 0 Å². The molecule has 7 nitrogen and oxygen atoms in total. The van der Waals surface area contributed by atoms with Crippen LogP contribution in [-0.4, -0.2) is 86.0 Å². The lowest BCUT2D eigenvalue weighted by Crippen LogP contribution is -2.49. The quantitative estimate of drug-likeness (QED) is 0.507. The summed E-state index contributed by atoms with van der Waals surface area (Å²) in [6.45, 7) is 6.10. The number of carbonyl (C=O) groups is 2. The smallest absolute Gasteiger partial charge is 0.223 e. The number of rotatable bonds is 10. The molecule has 2 fully saturated rings. The third kappa shape index (κ3) is 7.72. The van der Waals surface area contributed by atoms with Crippen LogP contribution in [0.25, 0.3) is 0 Å². The Labute approximate surface area is 215 Å². The standard InChI is InChI=1S/C29H39N3O4/c1-35-26-8-5-9-27(23-26)36-21-20-30-16-18-32(19-17-30)29(34)11-10-28(33)31-14-12-25(13-15-31)22-24-6-3-2-4-7-24/h2-9,23,25H,10-22H2,1H3. The Bertz CT molecular complexity index is 967. The zero-order chi connectivity index (χ0) is 25.2. The average molecular weight is 494 g/mol. The van der Waals surface area contributed by atoms with Gasteiger partial charge in [-0.1, -0.05) is 36.4 Å². The Balaban J connectivity index is 1.09. The highest BCUT2D eigenvalue weighted by molar-refractivity contribution is 5.84. The van der Waals surface area contributed by atoms with Gasteiger partial charge in [0, 0.05) is 64.7 Å².